The van der Waals surface area contributed by atoms with Gasteiger partial charge in [0.15, 0.2) is 5.82 Å². The van der Waals surface area contributed by atoms with Crippen molar-refractivity contribution >= 4 is 0 Å². The Labute approximate surface area is 164 Å². The third-order valence-electron chi connectivity index (χ3n) is 5.02. The van der Waals surface area contributed by atoms with Crippen molar-refractivity contribution in [2.75, 3.05) is 0 Å². The van der Waals surface area contributed by atoms with E-state index in [1.165, 1.54) is 11.1 Å². The van der Waals surface area contributed by atoms with E-state index in [4.69, 9.17) is 4.74 Å². The van der Waals surface area contributed by atoms with Crippen LogP contribution in [0.5, 0.6) is 11.5 Å². The molecular weight excluding hydrogens is 348 g/mol. The molecule has 4 rings (SSSR count). The fraction of sp³-hybridized carbons (Fsp3) is 0.174. The van der Waals surface area contributed by atoms with E-state index in [0.29, 0.717) is 6.54 Å². The van der Waals surface area contributed by atoms with Gasteiger partial charge < -0.3 is 4.74 Å². The summed E-state index contributed by atoms with van der Waals surface area (Å²) in [5.74, 6) is 2.38. The highest BCUT2D eigenvalue weighted by Gasteiger charge is 2.16. The average Bonchev–Trinajstić information content (AvgIpc) is 3.15. The summed E-state index contributed by atoms with van der Waals surface area (Å²) in [6, 6.07) is 22.1. The molecule has 140 valence electrons. The summed E-state index contributed by atoms with van der Waals surface area (Å²) in [5.41, 5.74) is 5.64. The van der Waals surface area contributed by atoms with Crippen LogP contribution in [-0.2, 0) is 6.54 Å². The van der Waals surface area contributed by atoms with Crippen molar-refractivity contribution in [2.45, 2.75) is 27.3 Å². The summed E-state index contributed by atoms with van der Waals surface area (Å²) in [6.45, 7) is 6.81. The summed E-state index contributed by atoms with van der Waals surface area (Å²) < 4.78 is 7.98. The molecular formula is C23H22N4O. The molecule has 0 saturated carbocycles. The number of ether oxygens (including phenoxy) is 1. The van der Waals surface area contributed by atoms with Crippen LogP contribution in [0.3, 0.4) is 0 Å². The second-order valence-electron chi connectivity index (χ2n) is 6.87. The van der Waals surface area contributed by atoms with Crippen LogP contribution in [0.1, 0.15) is 22.3 Å². The van der Waals surface area contributed by atoms with Gasteiger partial charge in [-0.2, -0.15) is 0 Å². The van der Waals surface area contributed by atoms with Crippen LogP contribution in [0.25, 0.3) is 11.4 Å². The summed E-state index contributed by atoms with van der Waals surface area (Å²) in [4.78, 5) is 0. The van der Waals surface area contributed by atoms with Crippen molar-refractivity contribution in [1.82, 2.24) is 20.2 Å². The Morgan fingerprint density at radius 2 is 1.57 bits per heavy atom. The molecule has 0 N–H and O–H groups in total. The van der Waals surface area contributed by atoms with Gasteiger partial charge in [0.2, 0.25) is 0 Å². The van der Waals surface area contributed by atoms with Crippen LogP contribution in [0.15, 0.2) is 66.7 Å². The number of aromatic nitrogens is 4. The zero-order valence-corrected chi connectivity index (χ0v) is 16.3. The Balaban J connectivity index is 1.72. The van der Waals surface area contributed by atoms with Crippen molar-refractivity contribution in [3.05, 3.63) is 89.0 Å². The Morgan fingerprint density at radius 1 is 0.821 bits per heavy atom. The van der Waals surface area contributed by atoms with E-state index in [1.807, 2.05) is 53.2 Å². The molecule has 0 amide bonds. The Bertz CT molecular complexity index is 1100. The maximum absolute atomic E-state index is 6.15. The lowest BCUT2D eigenvalue weighted by Crippen LogP contribution is -2.08. The van der Waals surface area contributed by atoms with Gasteiger partial charge in [0.05, 0.1) is 6.54 Å². The topological polar surface area (TPSA) is 52.8 Å². The minimum atomic E-state index is 0.532. The number of rotatable bonds is 5. The quantitative estimate of drug-likeness (QED) is 0.490. The van der Waals surface area contributed by atoms with E-state index in [-0.39, 0.29) is 0 Å². The van der Waals surface area contributed by atoms with Crippen LogP contribution in [0.2, 0.25) is 0 Å². The molecule has 28 heavy (non-hydrogen) atoms. The Hall–Kier alpha value is -3.47. The van der Waals surface area contributed by atoms with Crippen LogP contribution in [0, 0.1) is 20.8 Å². The molecule has 3 aromatic carbocycles. The Kier molecular flexibility index (Phi) is 4.89. The monoisotopic (exact) mass is 370 g/mol. The molecule has 5 heteroatoms. The van der Waals surface area contributed by atoms with Gasteiger partial charge in [-0.3, -0.25) is 0 Å². The predicted molar refractivity (Wildman–Crippen MR) is 110 cm³/mol. The molecule has 1 aromatic heterocycles. The number of nitrogens with zero attached hydrogens (tertiary/aromatic N) is 4. The summed E-state index contributed by atoms with van der Waals surface area (Å²) in [7, 11) is 0. The normalized spacial score (nSPS) is 10.8. The summed E-state index contributed by atoms with van der Waals surface area (Å²) >= 11 is 0. The molecule has 5 nitrogen and oxygen atoms in total. The number of benzene rings is 3. The van der Waals surface area contributed by atoms with E-state index >= 15 is 0 Å². The lowest BCUT2D eigenvalue weighted by Gasteiger charge is -2.15. The molecule has 0 bridgehead atoms. The summed E-state index contributed by atoms with van der Waals surface area (Å²) in [5, 5.41) is 12.5. The van der Waals surface area contributed by atoms with Crippen molar-refractivity contribution in [2.24, 2.45) is 0 Å². The smallest absolute Gasteiger partial charge is 0.182 e. The molecule has 0 aliphatic carbocycles. The van der Waals surface area contributed by atoms with Crippen molar-refractivity contribution < 1.29 is 4.74 Å². The molecule has 0 atom stereocenters. The molecule has 1 heterocycles. The first-order valence-electron chi connectivity index (χ1n) is 9.27. The molecule has 0 aliphatic rings. The molecule has 0 spiro atoms. The van der Waals surface area contributed by atoms with Crippen LogP contribution in [0.4, 0.5) is 0 Å². The third-order valence-corrected chi connectivity index (χ3v) is 5.02. The first-order valence-corrected chi connectivity index (χ1v) is 9.27. The molecule has 0 saturated heterocycles. The molecule has 0 fully saturated rings. The second kappa shape index (κ2) is 7.64. The van der Waals surface area contributed by atoms with Crippen LogP contribution in [-0.4, -0.2) is 20.2 Å². The minimum Gasteiger partial charge on any atom is -0.457 e. The maximum atomic E-state index is 6.15. The van der Waals surface area contributed by atoms with Crippen molar-refractivity contribution in [3.8, 4) is 22.9 Å². The molecule has 4 aromatic rings. The highest BCUT2D eigenvalue weighted by molar-refractivity contribution is 5.61. The summed E-state index contributed by atoms with van der Waals surface area (Å²) in [6.07, 6.45) is 0. The zero-order chi connectivity index (χ0) is 19.5. The minimum absolute atomic E-state index is 0.532. The van der Waals surface area contributed by atoms with Gasteiger partial charge in [0.1, 0.15) is 11.5 Å². The van der Waals surface area contributed by atoms with Gasteiger partial charge in [-0.25, -0.2) is 4.68 Å². The van der Waals surface area contributed by atoms with Gasteiger partial charge in [-0.15, -0.1) is 5.10 Å². The lowest BCUT2D eigenvalue weighted by atomic mass is 10.0. The standard InChI is InChI=1S/C23H22N4O/c1-16-9-7-13-20(18(16)3)23-24-25-26-27(23)15-21-17(2)10-8-14-22(21)28-19-11-5-4-6-12-19/h4-14H,15H2,1-3H3. The third kappa shape index (κ3) is 3.51. The van der Waals surface area contributed by atoms with Crippen molar-refractivity contribution in [1.29, 1.82) is 0 Å². The lowest BCUT2D eigenvalue weighted by molar-refractivity contribution is 0.471. The average molecular weight is 370 g/mol. The molecule has 0 unspecified atom stereocenters. The molecule has 0 aliphatic heterocycles. The highest BCUT2D eigenvalue weighted by atomic mass is 16.5. The van der Waals surface area contributed by atoms with Gasteiger partial charge in [-0.05, 0) is 66.1 Å². The van der Waals surface area contributed by atoms with E-state index in [2.05, 4.69) is 54.5 Å². The van der Waals surface area contributed by atoms with Crippen LogP contribution >= 0.6 is 0 Å². The largest absolute Gasteiger partial charge is 0.457 e. The Morgan fingerprint density at radius 3 is 2.39 bits per heavy atom. The van der Waals surface area contributed by atoms with E-state index in [1.54, 1.807) is 0 Å². The number of aryl methyl sites for hydroxylation is 2. The first kappa shape index (κ1) is 17.9. The number of para-hydroxylation sites is 1. The van der Waals surface area contributed by atoms with Gasteiger partial charge in [0, 0.05) is 11.1 Å². The van der Waals surface area contributed by atoms with E-state index in [0.717, 1.165) is 34.0 Å². The SMILES string of the molecule is Cc1cccc(-c2nnnn2Cc2c(C)cccc2Oc2ccccc2)c1C. The van der Waals surface area contributed by atoms with Gasteiger partial charge >= 0.3 is 0 Å². The zero-order valence-electron chi connectivity index (χ0n) is 16.3. The fourth-order valence-electron chi connectivity index (χ4n) is 3.24. The van der Waals surface area contributed by atoms with E-state index < -0.39 is 0 Å². The van der Waals surface area contributed by atoms with Gasteiger partial charge in [-0.1, -0.05) is 48.5 Å². The number of hydrogen-bond donors (Lipinski definition) is 0. The van der Waals surface area contributed by atoms with Crippen LogP contribution < -0.4 is 4.74 Å². The number of hydrogen-bond acceptors (Lipinski definition) is 4. The first-order chi connectivity index (χ1) is 13.6. The fourth-order valence-corrected chi connectivity index (χ4v) is 3.24. The number of tetrazole rings is 1. The van der Waals surface area contributed by atoms with Crippen molar-refractivity contribution in [3.63, 3.8) is 0 Å². The predicted octanol–water partition coefficient (Wildman–Crippen LogP) is 5.11. The molecule has 0 radical (unpaired) electrons. The highest BCUT2D eigenvalue weighted by Crippen LogP contribution is 2.30. The van der Waals surface area contributed by atoms with Gasteiger partial charge in [0.25, 0.3) is 0 Å². The second-order valence-corrected chi connectivity index (χ2v) is 6.87. The van der Waals surface area contributed by atoms with E-state index in [9.17, 15) is 0 Å². The maximum Gasteiger partial charge on any atom is 0.182 e.